The van der Waals surface area contributed by atoms with Gasteiger partial charge in [0, 0.05) is 13.1 Å². The molecule has 2 nitrogen and oxygen atoms in total. The highest BCUT2D eigenvalue weighted by molar-refractivity contribution is 4.94. The Bertz CT molecular complexity index is 239. The zero-order valence-corrected chi connectivity index (χ0v) is 12.2. The van der Waals surface area contributed by atoms with E-state index in [1.54, 1.807) is 0 Å². The van der Waals surface area contributed by atoms with E-state index in [0.29, 0.717) is 5.41 Å². The fourth-order valence-corrected chi connectivity index (χ4v) is 2.89. The predicted octanol–water partition coefficient (Wildman–Crippen LogP) is 2.91. The average molecular weight is 238 g/mol. The monoisotopic (exact) mass is 238 g/mol. The summed E-state index contributed by atoms with van der Waals surface area (Å²) in [6, 6.07) is 0. The van der Waals surface area contributed by atoms with Gasteiger partial charge in [-0.05, 0) is 50.7 Å². The summed E-state index contributed by atoms with van der Waals surface area (Å²) < 4.78 is 0. The standard InChI is InChI=1S/C15H30N2/c1-6-17(11-13(2)3)12-15(4,5)14-8-7-9-16-10-14/h14,16H,2,6-12H2,1,3-5H3. The number of hydrogen-bond donors (Lipinski definition) is 1. The van der Waals surface area contributed by atoms with Crippen LogP contribution in [-0.2, 0) is 0 Å². The van der Waals surface area contributed by atoms with Gasteiger partial charge in [0.05, 0.1) is 0 Å². The quantitative estimate of drug-likeness (QED) is 0.716. The van der Waals surface area contributed by atoms with Crippen LogP contribution >= 0.6 is 0 Å². The van der Waals surface area contributed by atoms with Crippen LogP contribution in [0.25, 0.3) is 0 Å². The van der Waals surface area contributed by atoms with Crippen LogP contribution in [0.1, 0.15) is 40.5 Å². The van der Waals surface area contributed by atoms with Crippen LogP contribution in [0.15, 0.2) is 12.2 Å². The van der Waals surface area contributed by atoms with Crippen LogP contribution in [0.5, 0.6) is 0 Å². The highest BCUT2D eigenvalue weighted by atomic mass is 15.1. The third-order valence-corrected chi connectivity index (χ3v) is 3.97. The van der Waals surface area contributed by atoms with Gasteiger partial charge in [0.1, 0.15) is 0 Å². The molecule has 0 saturated carbocycles. The molecule has 0 amide bonds. The number of hydrogen-bond acceptors (Lipinski definition) is 2. The molecular formula is C15H30N2. The van der Waals surface area contributed by atoms with Crippen molar-refractivity contribution in [3.63, 3.8) is 0 Å². The van der Waals surface area contributed by atoms with Crippen LogP contribution in [0.4, 0.5) is 0 Å². The minimum absolute atomic E-state index is 0.402. The molecule has 1 atom stereocenters. The molecule has 17 heavy (non-hydrogen) atoms. The molecule has 1 unspecified atom stereocenters. The summed E-state index contributed by atoms with van der Waals surface area (Å²) in [6.45, 7) is 19.0. The SMILES string of the molecule is C=C(C)CN(CC)CC(C)(C)C1CCCNC1. The summed E-state index contributed by atoms with van der Waals surface area (Å²) in [7, 11) is 0. The van der Waals surface area contributed by atoms with Crippen molar-refractivity contribution in [2.75, 3.05) is 32.7 Å². The van der Waals surface area contributed by atoms with E-state index in [1.165, 1.54) is 38.0 Å². The average Bonchev–Trinajstić information content (AvgIpc) is 2.28. The van der Waals surface area contributed by atoms with Gasteiger partial charge in [-0.15, -0.1) is 0 Å². The van der Waals surface area contributed by atoms with Gasteiger partial charge in [-0.25, -0.2) is 0 Å². The second-order valence-corrected chi connectivity index (χ2v) is 6.29. The normalized spacial score (nSPS) is 21.8. The molecule has 1 aliphatic rings. The smallest absolute Gasteiger partial charge is 0.0187 e. The summed E-state index contributed by atoms with van der Waals surface area (Å²) in [5.74, 6) is 0.815. The number of likely N-dealkylation sites (N-methyl/N-ethyl adjacent to an activating group) is 1. The molecule has 100 valence electrons. The molecule has 1 saturated heterocycles. The Morgan fingerprint density at radius 3 is 2.65 bits per heavy atom. The first-order valence-corrected chi connectivity index (χ1v) is 7.03. The van der Waals surface area contributed by atoms with E-state index in [0.717, 1.165) is 19.0 Å². The molecule has 0 aromatic carbocycles. The van der Waals surface area contributed by atoms with Gasteiger partial charge < -0.3 is 5.32 Å². The fourth-order valence-electron chi connectivity index (χ4n) is 2.89. The largest absolute Gasteiger partial charge is 0.316 e. The van der Waals surface area contributed by atoms with Gasteiger partial charge >= 0.3 is 0 Å². The van der Waals surface area contributed by atoms with Gasteiger partial charge in [0.2, 0.25) is 0 Å². The van der Waals surface area contributed by atoms with Gasteiger partial charge in [0.15, 0.2) is 0 Å². The minimum Gasteiger partial charge on any atom is -0.316 e. The van der Waals surface area contributed by atoms with Crippen LogP contribution in [-0.4, -0.2) is 37.6 Å². The van der Waals surface area contributed by atoms with Crippen molar-refractivity contribution in [2.24, 2.45) is 11.3 Å². The number of piperidine rings is 1. The second-order valence-electron chi connectivity index (χ2n) is 6.29. The lowest BCUT2D eigenvalue weighted by Gasteiger charge is -2.40. The maximum absolute atomic E-state index is 4.03. The third kappa shape index (κ3) is 4.81. The fraction of sp³-hybridized carbons (Fsp3) is 0.867. The molecule has 0 radical (unpaired) electrons. The zero-order chi connectivity index (χ0) is 12.9. The van der Waals surface area contributed by atoms with E-state index in [2.05, 4.69) is 44.5 Å². The molecule has 1 aliphatic heterocycles. The van der Waals surface area contributed by atoms with Crippen molar-refractivity contribution in [1.82, 2.24) is 10.2 Å². The summed E-state index contributed by atoms with van der Waals surface area (Å²) in [4.78, 5) is 2.52. The molecule has 2 heteroatoms. The first-order chi connectivity index (χ1) is 7.95. The number of nitrogens with one attached hydrogen (secondary N) is 1. The van der Waals surface area contributed by atoms with Crippen molar-refractivity contribution >= 4 is 0 Å². The van der Waals surface area contributed by atoms with Gasteiger partial charge in [-0.2, -0.15) is 0 Å². The molecular weight excluding hydrogens is 208 g/mol. The number of rotatable bonds is 6. The summed E-state index contributed by atoms with van der Waals surface area (Å²) >= 11 is 0. The van der Waals surface area contributed by atoms with E-state index in [4.69, 9.17) is 0 Å². The van der Waals surface area contributed by atoms with Crippen molar-refractivity contribution in [3.8, 4) is 0 Å². The van der Waals surface area contributed by atoms with Gasteiger partial charge in [-0.3, -0.25) is 4.90 Å². The molecule has 1 N–H and O–H groups in total. The van der Waals surface area contributed by atoms with Crippen molar-refractivity contribution in [2.45, 2.75) is 40.5 Å². The second kappa shape index (κ2) is 6.55. The molecule has 1 rings (SSSR count). The zero-order valence-electron chi connectivity index (χ0n) is 12.2. The van der Waals surface area contributed by atoms with Crippen molar-refractivity contribution < 1.29 is 0 Å². The van der Waals surface area contributed by atoms with Gasteiger partial charge in [-0.1, -0.05) is 32.9 Å². The van der Waals surface area contributed by atoms with Crippen molar-refractivity contribution in [1.29, 1.82) is 0 Å². The Morgan fingerprint density at radius 2 is 2.18 bits per heavy atom. The highest BCUT2D eigenvalue weighted by Gasteiger charge is 2.31. The van der Waals surface area contributed by atoms with Crippen LogP contribution < -0.4 is 5.32 Å². The minimum atomic E-state index is 0.402. The first-order valence-electron chi connectivity index (χ1n) is 7.03. The Balaban J connectivity index is 2.52. The Labute approximate surface area is 107 Å². The lowest BCUT2D eigenvalue weighted by molar-refractivity contribution is 0.108. The topological polar surface area (TPSA) is 15.3 Å². The Hall–Kier alpha value is -0.340. The maximum Gasteiger partial charge on any atom is 0.0187 e. The van der Waals surface area contributed by atoms with E-state index >= 15 is 0 Å². The third-order valence-electron chi connectivity index (χ3n) is 3.97. The summed E-state index contributed by atoms with van der Waals surface area (Å²) in [6.07, 6.45) is 2.71. The highest BCUT2D eigenvalue weighted by Crippen LogP contribution is 2.32. The molecule has 0 aromatic rings. The predicted molar refractivity (Wildman–Crippen MR) is 76.3 cm³/mol. The Kier molecular flexibility index (Phi) is 5.68. The molecule has 0 aliphatic carbocycles. The molecule has 1 fully saturated rings. The lowest BCUT2D eigenvalue weighted by Crippen LogP contribution is -2.45. The summed E-state index contributed by atoms with van der Waals surface area (Å²) in [5, 5.41) is 3.54. The molecule has 0 aromatic heterocycles. The molecule has 0 spiro atoms. The van der Waals surface area contributed by atoms with E-state index in [1.807, 2.05) is 0 Å². The molecule has 0 bridgehead atoms. The van der Waals surface area contributed by atoms with Crippen LogP contribution in [0.2, 0.25) is 0 Å². The van der Waals surface area contributed by atoms with E-state index in [9.17, 15) is 0 Å². The maximum atomic E-state index is 4.03. The number of nitrogens with zero attached hydrogens (tertiary/aromatic N) is 1. The summed E-state index contributed by atoms with van der Waals surface area (Å²) in [5.41, 5.74) is 1.67. The van der Waals surface area contributed by atoms with Crippen LogP contribution in [0.3, 0.4) is 0 Å². The van der Waals surface area contributed by atoms with Crippen molar-refractivity contribution in [3.05, 3.63) is 12.2 Å². The van der Waals surface area contributed by atoms with E-state index < -0.39 is 0 Å². The van der Waals surface area contributed by atoms with Crippen LogP contribution in [0, 0.1) is 11.3 Å². The first kappa shape index (κ1) is 14.7. The lowest BCUT2D eigenvalue weighted by atomic mass is 9.74. The van der Waals surface area contributed by atoms with E-state index in [-0.39, 0.29) is 0 Å². The Morgan fingerprint density at radius 1 is 1.47 bits per heavy atom. The van der Waals surface area contributed by atoms with Gasteiger partial charge in [0.25, 0.3) is 0 Å². The molecule has 1 heterocycles.